The van der Waals surface area contributed by atoms with Crippen molar-refractivity contribution in [1.82, 2.24) is 4.98 Å². The number of fused-ring (bicyclic) bond motifs is 1. The summed E-state index contributed by atoms with van der Waals surface area (Å²) in [6.45, 7) is 0. The van der Waals surface area contributed by atoms with Crippen LogP contribution in [0.2, 0.25) is 4.34 Å². The molecule has 1 aliphatic rings. The molecule has 1 aliphatic heterocycles. The van der Waals surface area contributed by atoms with Crippen molar-refractivity contribution >= 4 is 22.9 Å². The first kappa shape index (κ1) is 11.9. The van der Waals surface area contributed by atoms with Crippen LogP contribution in [0.4, 0.5) is 4.39 Å². The molecule has 0 aliphatic carbocycles. The van der Waals surface area contributed by atoms with Crippen molar-refractivity contribution in [3.63, 3.8) is 0 Å². The lowest BCUT2D eigenvalue weighted by molar-refractivity contribution is 0.160. The van der Waals surface area contributed by atoms with E-state index in [1.807, 2.05) is 0 Å². The SMILES string of the molecule is N[C@H]1CC(c2ncc(Cl)s2)Oc2cc(F)ccc21. The third-order valence-electron chi connectivity index (χ3n) is 2.88. The molecule has 6 heteroatoms. The zero-order valence-corrected chi connectivity index (χ0v) is 10.8. The second-order valence-corrected chi connectivity index (χ2v) is 5.83. The van der Waals surface area contributed by atoms with Gasteiger partial charge in [0.1, 0.15) is 20.9 Å². The van der Waals surface area contributed by atoms with Gasteiger partial charge < -0.3 is 10.5 Å². The minimum Gasteiger partial charge on any atom is -0.483 e. The Morgan fingerprint density at radius 1 is 1.50 bits per heavy atom. The third kappa shape index (κ3) is 2.09. The first-order valence-corrected chi connectivity index (χ1v) is 6.66. The molecule has 0 saturated carbocycles. The third-order valence-corrected chi connectivity index (χ3v) is 4.09. The van der Waals surface area contributed by atoms with Crippen LogP contribution in [0, 0.1) is 5.82 Å². The number of nitrogens with two attached hydrogens (primary N) is 1. The van der Waals surface area contributed by atoms with Gasteiger partial charge >= 0.3 is 0 Å². The van der Waals surface area contributed by atoms with Gasteiger partial charge in [-0.25, -0.2) is 9.37 Å². The van der Waals surface area contributed by atoms with E-state index >= 15 is 0 Å². The highest BCUT2D eigenvalue weighted by atomic mass is 35.5. The van der Waals surface area contributed by atoms with Crippen molar-refractivity contribution in [2.45, 2.75) is 18.6 Å². The van der Waals surface area contributed by atoms with Gasteiger partial charge in [-0.3, -0.25) is 0 Å². The summed E-state index contributed by atoms with van der Waals surface area (Å²) >= 11 is 7.21. The van der Waals surface area contributed by atoms with E-state index in [0.29, 0.717) is 16.5 Å². The lowest BCUT2D eigenvalue weighted by Gasteiger charge is -2.29. The molecule has 0 saturated heterocycles. The minimum absolute atomic E-state index is 0.179. The average molecular weight is 285 g/mol. The fraction of sp³-hybridized carbons (Fsp3) is 0.250. The summed E-state index contributed by atoms with van der Waals surface area (Å²) in [6, 6.07) is 4.24. The normalized spacial score (nSPS) is 22.4. The molecule has 2 aromatic rings. The highest BCUT2D eigenvalue weighted by molar-refractivity contribution is 7.15. The standard InChI is InChI=1S/C12H10ClFN2OS/c13-11-5-16-12(18-11)10-4-8(15)7-2-1-6(14)3-9(7)17-10/h1-3,5,8,10H,4,15H2/t8-,10?/m0/s1. The Kier molecular flexibility index (Phi) is 2.97. The quantitative estimate of drug-likeness (QED) is 0.872. The van der Waals surface area contributed by atoms with Gasteiger partial charge in [0, 0.05) is 24.1 Å². The number of nitrogens with zero attached hydrogens (tertiary/aromatic N) is 1. The Morgan fingerprint density at radius 2 is 2.33 bits per heavy atom. The number of hydrogen-bond acceptors (Lipinski definition) is 4. The summed E-state index contributed by atoms with van der Waals surface area (Å²) < 4.78 is 19.6. The number of benzene rings is 1. The van der Waals surface area contributed by atoms with Crippen molar-refractivity contribution in [3.8, 4) is 5.75 Å². The Bertz CT molecular complexity index is 589. The molecule has 2 atom stereocenters. The number of ether oxygens (including phenoxy) is 1. The van der Waals surface area contributed by atoms with Crippen molar-refractivity contribution < 1.29 is 9.13 Å². The Morgan fingerprint density at radius 3 is 3.06 bits per heavy atom. The molecule has 0 spiro atoms. The van der Waals surface area contributed by atoms with Gasteiger partial charge in [0.05, 0.1) is 6.20 Å². The first-order chi connectivity index (χ1) is 8.63. The van der Waals surface area contributed by atoms with Gasteiger partial charge in [-0.1, -0.05) is 17.7 Å². The lowest BCUT2D eigenvalue weighted by Crippen LogP contribution is -2.24. The van der Waals surface area contributed by atoms with Crippen LogP contribution in [0.3, 0.4) is 0 Å². The highest BCUT2D eigenvalue weighted by Gasteiger charge is 2.29. The maximum absolute atomic E-state index is 13.2. The van der Waals surface area contributed by atoms with E-state index in [4.69, 9.17) is 22.1 Å². The van der Waals surface area contributed by atoms with Crippen LogP contribution < -0.4 is 10.5 Å². The first-order valence-electron chi connectivity index (χ1n) is 5.46. The summed E-state index contributed by atoms with van der Waals surface area (Å²) in [5.41, 5.74) is 6.90. The van der Waals surface area contributed by atoms with E-state index in [9.17, 15) is 4.39 Å². The summed E-state index contributed by atoms with van der Waals surface area (Å²) in [7, 11) is 0. The molecule has 0 amide bonds. The number of rotatable bonds is 1. The largest absolute Gasteiger partial charge is 0.483 e. The number of thiazole rings is 1. The molecular formula is C12H10ClFN2OS. The van der Waals surface area contributed by atoms with Gasteiger partial charge in [-0.05, 0) is 6.07 Å². The van der Waals surface area contributed by atoms with Crippen LogP contribution >= 0.6 is 22.9 Å². The minimum atomic E-state index is -0.334. The summed E-state index contributed by atoms with van der Waals surface area (Å²) in [5, 5.41) is 0.769. The molecule has 94 valence electrons. The molecule has 1 aromatic carbocycles. The smallest absolute Gasteiger partial charge is 0.152 e. The Labute approximate surface area is 112 Å². The van der Waals surface area contributed by atoms with Gasteiger partial charge in [0.15, 0.2) is 6.10 Å². The van der Waals surface area contributed by atoms with Gasteiger partial charge in [-0.15, -0.1) is 11.3 Å². The molecule has 3 rings (SSSR count). The molecule has 18 heavy (non-hydrogen) atoms. The predicted molar refractivity (Wildman–Crippen MR) is 68.4 cm³/mol. The van der Waals surface area contributed by atoms with E-state index < -0.39 is 0 Å². The second kappa shape index (κ2) is 4.50. The van der Waals surface area contributed by atoms with Crippen molar-refractivity contribution in [2.24, 2.45) is 5.73 Å². The molecule has 3 nitrogen and oxygen atoms in total. The molecule has 1 aromatic heterocycles. The van der Waals surface area contributed by atoms with Crippen LogP contribution in [0.1, 0.15) is 29.1 Å². The van der Waals surface area contributed by atoms with E-state index in [1.165, 1.54) is 23.5 Å². The van der Waals surface area contributed by atoms with Crippen molar-refractivity contribution in [2.75, 3.05) is 0 Å². The van der Waals surface area contributed by atoms with Gasteiger partial charge in [0.2, 0.25) is 0 Å². The van der Waals surface area contributed by atoms with Crippen LogP contribution in [-0.2, 0) is 0 Å². The maximum Gasteiger partial charge on any atom is 0.152 e. The zero-order valence-electron chi connectivity index (χ0n) is 9.27. The number of hydrogen-bond donors (Lipinski definition) is 1. The van der Waals surface area contributed by atoms with Crippen LogP contribution in [0.15, 0.2) is 24.4 Å². The molecule has 0 radical (unpaired) electrons. The fourth-order valence-electron chi connectivity index (χ4n) is 2.04. The highest BCUT2D eigenvalue weighted by Crippen LogP contribution is 2.41. The molecular weight excluding hydrogens is 275 g/mol. The van der Waals surface area contributed by atoms with Crippen LogP contribution in [0.5, 0.6) is 5.75 Å². The van der Waals surface area contributed by atoms with Gasteiger partial charge in [-0.2, -0.15) is 0 Å². The van der Waals surface area contributed by atoms with E-state index in [2.05, 4.69) is 4.98 Å². The molecule has 2 heterocycles. The predicted octanol–water partition coefficient (Wildman–Crippen LogP) is 3.46. The van der Waals surface area contributed by atoms with Crippen molar-refractivity contribution in [3.05, 3.63) is 45.1 Å². The Balaban J connectivity index is 1.95. The zero-order chi connectivity index (χ0) is 12.7. The molecule has 1 unspecified atom stereocenters. The lowest BCUT2D eigenvalue weighted by atomic mass is 9.97. The molecule has 0 bridgehead atoms. The topological polar surface area (TPSA) is 48.1 Å². The van der Waals surface area contributed by atoms with E-state index in [0.717, 1.165) is 10.6 Å². The maximum atomic E-state index is 13.2. The fourth-order valence-corrected chi connectivity index (χ4v) is 3.01. The van der Waals surface area contributed by atoms with Gasteiger partial charge in [0.25, 0.3) is 0 Å². The monoisotopic (exact) mass is 284 g/mol. The van der Waals surface area contributed by atoms with Crippen molar-refractivity contribution in [1.29, 1.82) is 0 Å². The van der Waals surface area contributed by atoms with Crippen LogP contribution in [0.25, 0.3) is 0 Å². The molecule has 0 fully saturated rings. The second-order valence-electron chi connectivity index (χ2n) is 4.13. The van der Waals surface area contributed by atoms with Crippen LogP contribution in [-0.4, -0.2) is 4.98 Å². The average Bonchev–Trinajstić information content (AvgIpc) is 2.75. The van der Waals surface area contributed by atoms with E-state index in [1.54, 1.807) is 12.3 Å². The molecule has 2 N–H and O–H groups in total. The van der Waals surface area contributed by atoms with E-state index in [-0.39, 0.29) is 18.0 Å². The summed E-state index contributed by atoms with van der Waals surface area (Å²) in [4.78, 5) is 4.18. The number of aromatic nitrogens is 1. The summed E-state index contributed by atoms with van der Waals surface area (Å²) in [5.74, 6) is 0.156. The summed E-state index contributed by atoms with van der Waals surface area (Å²) in [6.07, 6.45) is 1.94. The number of halogens is 2. The Hall–Kier alpha value is -1.17.